The molecule has 19 heavy (non-hydrogen) atoms. The second-order valence-electron chi connectivity index (χ2n) is 4.87. The molecule has 6 heteroatoms. The van der Waals surface area contributed by atoms with Gasteiger partial charge in [-0.2, -0.15) is 5.10 Å². The molecule has 1 N–H and O–H groups in total. The van der Waals surface area contributed by atoms with Crippen molar-refractivity contribution in [1.82, 2.24) is 19.7 Å². The van der Waals surface area contributed by atoms with E-state index in [0.29, 0.717) is 18.0 Å². The fraction of sp³-hybridized carbons (Fsp3) is 0.462. The topological polar surface area (TPSA) is 63.8 Å². The lowest BCUT2D eigenvalue weighted by molar-refractivity contribution is 0.168. The quantitative estimate of drug-likeness (QED) is 0.917. The number of pyridine rings is 1. The van der Waals surface area contributed by atoms with Gasteiger partial charge in [0.05, 0.1) is 5.69 Å². The average molecular weight is 325 g/mol. The van der Waals surface area contributed by atoms with Crippen molar-refractivity contribution in [3.8, 4) is 0 Å². The van der Waals surface area contributed by atoms with Crippen molar-refractivity contribution >= 4 is 15.9 Å². The molecule has 0 saturated heterocycles. The normalized spacial score (nSPS) is 12.9. The maximum absolute atomic E-state index is 10.2. The molecule has 102 valence electrons. The zero-order valence-corrected chi connectivity index (χ0v) is 12.6. The first-order chi connectivity index (χ1) is 9.06. The number of rotatable bonds is 5. The van der Waals surface area contributed by atoms with Crippen LogP contribution >= 0.6 is 15.9 Å². The Kier molecular flexibility index (Phi) is 4.66. The molecule has 0 aliphatic rings. The fourth-order valence-electron chi connectivity index (χ4n) is 1.81. The van der Waals surface area contributed by atoms with Gasteiger partial charge in [0, 0.05) is 23.6 Å². The SMILES string of the molecule is CC(C)Cn1ncnc1CC(O)c1ccc(Br)cn1. The van der Waals surface area contributed by atoms with E-state index in [1.807, 2.05) is 10.7 Å². The molecule has 0 saturated carbocycles. The highest BCUT2D eigenvalue weighted by molar-refractivity contribution is 9.10. The lowest BCUT2D eigenvalue weighted by Gasteiger charge is -2.12. The third-order valence-corrected chi connectivity index (χ3v) is 3.17. The summed E-state index contributed by atoms with van der Waals surface area (Å²) in [6.07, 6.45) is 2.96. The van der Waals surface area contributed by atoms with E-state index in [1.165, 1.54) is 6.33 Å². The lowest BCUT2D eigenvalue weighted by atomic mass is 10.1. The van der Waals surface area contributed by atoms with Crippen LogP contribution in [0.25, 0.3) is 0 Å². The molecule has 0 bridgehead atoms. The molecule has 2 rings (SSSR count). The molecule has 2 aromatic heterocycles. The number of aromatic nitrogens is 4. The van der Waals surface area contributed by atoms with Crippen LogP contribution < -0.4 is 0 Å². The summed E-state index contributed by atoms with van der Waals surface area (Å²) in [5.74, 6) is 1.27. The van der Waals surface area contributed by atoms with Gasteiger partial charge < -0.3 is 5.11 Å². The number of halogens is 1. The monoisotopic (exact) mass is 324 g/mol. The van der Waals surface area contributed by atoms with Crippen molar-refractivity contribution in [2.75, 3.05) is 0 Å². The number of aliphatic hydroxyl groups is 1. The first-order valence-electron chi connectivity index (χ1n) is 6.22. The predicted octanol–water partition coefficient (Wildman–Crippen LogP) is 2.37. The van der Waals surface area contributed by atoms with Crippen LogP contribution in [0.4, 0.5) is 0 Å². The Bertz CT molecular complexity index is 524. The van der Waals surface area contributed by atoms with E-state index >= 15 is 0 Å². The Morgan fingerprint density at radius 1 is 1.32 bits per heavy atom. The fourth-order valence-corrected chi connectivity index (χ4v) is 2.04. The molecule has 0 aliphatic heterocycles. The number of aliphatic hydroxyl groups excluding tert-OH is 1. The van der Waals surface area contributed by atoms with Crippen molar-refractivity contribution in [1.29, 1.82) is 0 Å². The van der Waals surface area contributed by atoms with Gasteiger partial charge in [-0.1, -0.05) is 13.8 Å². The van der Waals surface area contributed by atoms with Crippen molar-refractivity contribution in [2.45, 2.75) is 32.9 Å². The van der Waals surface area contributed by atoms with Crippen molar-refractivity contribution in [2.24, 2.45) is 5.92 Å². The third-order valence-electron chi connectivity index (χ3n) is 2.70. The Morgan fingerprint density at radius 2 is 2.11 bits per heavy atom. The second-order valence-corrected chi connectivity index (χ2v) is 5.79. The van der Waals surface area contributed by atoms with E-state index in [9.17, 15) is 5.11 Å². The standard InChI is InChI=1S/C13H17BrN4O/c1-9(2)7-18-13(16-8-17-18)5-12(19)11-4-3-10(14)6-15-11/h3-4,6,8-9,12,19H,5,7H2,1-2H3. The largest absolute Gasteiger partial charge is 0.386 e. The molecule has 0 fully saturated rings. The number of hydrogen-bond donors (Lipinski definition) is 1. The molecule has 0 aliphatic carbocycles. The molecule has 2 heterocycles. The van der Waals surface area contributed by atoms with Gasteiger partial charge in [0.25, 0.3) is 0 Å². The second kappa shape index (κ2) is 6.25. The molecule has 0 spiro atoms. The Morgan fingerprint density at radius 3 is 2.74 bits per heavy atom. The Labute approximate surface area is 120 Å². The van der Waals surface area contributed by atoms with Crippen molar-refractivity contribution in [3.63, 3.8) is 0 Å². The van der Waals surface area contributed by atoms with Crippen LogP contribution in [0, 0.1) is 5.92 Å². The third kappa shape index (κ3) is 3.84. The highest BCUT2D eigenvalue weighted by Crippen LogP contribution is 2.17. The van der Waals surface area contributed by atoms with Gasteiger partial charge >= 0.3 is 0 Å². The molecule has 1 atom stereocenters. The van der Waals surface area contributed by atoms with Gasteiger partial charge in [-0.05, 0) is 34.0 Å². The lowest BCUT2D eigenvalue weighted by Crippen LogP contribution is -2.14. The van der Waals surface area contributed by atoms with E-state index in [1.54, 1.807) is 12.3 Å². The first kappa shape index (κ1) is 14.1. The smallest absolute Gasteiger partial charge is 0.138 e. The summed E-state index contributed by atoms with van der Waals surface area (Å²) < 4.78 is 2.73. The van der Waals surface area contributed by atoms with Gasteiger partial charge in [-0.25, -0.2) is 9.67 Å². The summed E-state index contributed by atoms with van der Waals surface area (Å²) in [4.78, 5) is 8.40. The summed E-state index contributed by atoms with van der Waals surface area (Å²) in [5, 5.41) is 14.4. The summed E-state index contributed by atoms with van der Waals surface area (Å²) >= 11 is 3.32. The molecule has 2 aromatic rings. The number of hydrogen-bond acceptors (Lipinski definition) is 4. The van der Waals surface area contributed by atoms with Gasteiger partial charge in [0.1, 0.15) is 18.3 Å². The van der Waals surface area contributed by atoms with Crippen molar-refractivity contribution < 1.29 is 5.11 Å². The molecule has 1 unspecified atom stereocenters. The zero-order chi connectivity index (χ0) is 13.8. The molecule has 5 nitrogen and oxygen atoms in total. The molecule has 0 radical (unpaired) electrons. The van der Waals surface area contributed by atoms with Crippen LogP contribution in [0.2, 0.25) is 0 Å². The highest BCUT2D eigenvalue weighted by Gasteiger charge is 2.14. The van der Waals surface area contributed by atoms with Gasteiger partial charge in [0.15, 0.2) is 0 Å². The van der Waals surface area contributed by atoms with E-state index in [4.69, 9.17) is 0 Å². The molecule has 0 aromatic carbocycles. The summed E-state index contributed by atoms with van der Waals surface area (Å²) in [6, 6.07) is 3.67. The Hall–Kier alpha value is -1.27. The van der Waals surface area contributed by atoms with Crippen LogP contribution in [-0.2, 0) is 13.0 Å². The van der Waals surface area contributed by atoms with Gasteiger partial charge in [-0.3, -0.25) is 4.98 Å². The average Bonchev–Trinajstić information content (AvgIpc) is 2.76. The molecule has 0 amide bonds. The summed E-state index contributed by atoms with van der Waals surface area (Å²) in [5.41, 5.74) is 0.641. The minimum absolute atomic E-state index is 0.418. The van der Waals surface area contributed by atoms with Crippen LogP contribution in [0.15, 0.2) is 29.1 Å². The highest BCUT2D eigenvalue weighted by atomic mass is 79.9. The summed E-state index contributed by atoms with van der Waals surface area (Å²) in [6.45, 7) is 5.05. The van der Waals surface area contributed by atoms with Crippen LogP contribution in [0.5, 0.6) is 0 Å². The van der Waals surface area contributed by atoms with Crippen molar-refractivity contribution in [3.05, 3.63) is 40.6 Å². The van der Waals surface area contributed by atoms with E-state index in [-0.39, 0.29) is 0 Å². The van der Waals surface area contributed by atoms with E-state index in [2.05, 4.69) is 44.8 Å². The molecular formula is C13H17BrN4O. The minimum atomic E-state index is -0.664. The minimum Gasteiger partial charge on any atom is -0.386 e. The number of nitrogens with zero attached hydrogens (tertiary/aromatic N) is 4. The van der Waals surface area contributed by atoms with E-state index < -0.39 is 6.10 Å². The zero-order valence-electron chi connectivity index (χ0n) is 11.0. The Balaban J connectivity index is 2.08. The van der Waals surface area contributed by atoms with Gasteiger partial charge in [-0.15, -0.1) is 0 Å². The maximum atomic E-state index is 10.2. The van der Waals surface area contributed by atoms with Crippen LogP contribution in [-0.4, -0.2) is 24.9 Å². The molecular weight excluding hydrogens is 308 g/mol. The van der Waals surface area contributed by atoms with Crippen LogP contribution in [0.3, 0.4) is 0 Å². The maximum Gasteiger partial charge on any atom is 0.138 e. The van der Waals surface area contributed by atoms with Gasteiger partial charge in [0.2, 0.25) is 0 Å². The predicted molar refractivity (Wildman–Crippen MR) is 75.5 cm³/mol. The first-order valence-corrected chi connectivity index (χ1v) is 7.01. The van der Waals surface area contributed by atoms with E-state index in [0.717, 1.165) is 16.8 Å². The van der Waals surface area contributed by atoms with Crippen LogP contribution in [0.1, 0.15) is 31.5 Å². The summed E-state index contributed by atoms with van der Waals surface area (Å²) in [7, 11) is 0.